The lowest BCUT2D eigenvalue weighted by molar-refractivity contribution is 0.102. The van der Waals surface area contributed by atoms with Gasteiger partial charge in [-0.3, -0.25) is 9.59 Å². The molecule has 7 nitrogen and oxygen atoms in total. The zero-order valence-corrected chi connectivity index (χ0v) is 17.0. The molecule has 5 aromatic rings. The topological polar surface area (TPSA) is 101 Å². The maximum Gasteiger partial charge on any atom is 0.262 e. The molecule has 3 heterocycles. The van der Waals surface area contributed by atoms with Crippen molar-refractivity contribution in [2.24, 2.45) is 0 Å². The van der Waals surface area contributed by atoms with Crippen LogP contribution >= 0.6 is 11.3 Å². The standard InChI is InChI=1S/C22H16N4O3S/c1-11-3-8-15-16(9-11)30-22(26-15)13-4-6-14(7-5-13)25-20(28)17-12(2)29-21-18(17)19(27)23-10-24-21/h3-10H,1-2H3,(H,25,28)(H,23,24,27). The first kappa shape index (κ1) is 18.3. The molecule has 30 heavy (non-hydrogen) atoms. The zero-order chi connectivity index (χ0) is 20.8. The van der Waals surface area contributed by atoms with Crippen LogP contribution in [0.4, 0.5) is 5.69 Å². The monoisotopic (exact) mass is 416 g/mol. The zero-order valence-electron chi connectivity index (χ0n) is 16.1. The van der Waals surface area contributed by atoms with Crippen molar-refractivity contribution in [1.29, 1.82) is 0 Å². The summed E-state index contributed by atoms with van der Waals surface area (Å²) in [6.07, 6.45) is 1.25. The number of carbonyl (C=O) groups excluding carboxylic acids is 1. The molecule has 0 atom stereocenters. The van der Waals surface area contributed by atoms with E-state index in [0.29, 0.717) is 11.4 Å². The number of carbonyl (C=O) groups is 1. The average molecular weight is 416 g/mol. The van der Waals surface area contributed by atoms with Crippen LogP contribution in [0.25, 0.3) is 31.9 Å². The summed E-state index contributed by atoms with van der Waals surface area (Å²) >= 11 is 1.63. The fraction of sp³-hybridized carbons (Fsp3) is 0.0909. The highest BCUT2D eigenvalue weighted by molar-refractivity contribution is 7.21. The number of nitrogens with one attached hydrogen (secondary N) is 2. The largest absolute Gasteiger partial charge is 0.442 e. The van der Waals surface area contributed by atoms with Gasteiger partial charge in [-0.25, -0.2) is 9.97 Å². The predicted molar refractivity (Wildman–Crippen MR) is 117 cm³/mol. The summed E-state index contributed by atoms with van der Waals surface area (Å²) < 4.78 is 6.60. The second-order valence-corrected chi connectivity index (χ2v) is 8.00. The summed E-state index contributed by atoms with van der Waals surface area (Å²) in [6, 6.07) is 13.6. The number of fused-ring (bicyclic) bond motifs is 2. The van der Waals surface area contributed by atoms with Crippen LogP contribution in [0.1, 0.15) is 21.7 Å². The number of aromatic amines is 1. The first-order valence-corrected chi connectivity index (χ1v) is 10.1. The molecule has 0 aliphatic rings. The van der Waals surface area contributed by atoms with Crippen LogP contribution in [0.2, 0.25) is 0 Å². The second-order valence-electron chi connectivity index (χ2n) is 6.97. The second kappa shape index (κ2) is 6.93. The van der Waals surface area contributed by atoms with Crippen molar-refractivity contribution < 1.29 is 9.21 Å². The average Bonchev–Trinajstić information content (AvgIpc) is 3.29. The molecule has 2 aromatic carbocycles. The SMILES string of the molecule is Cc1ccc2nc(-c3ccc(NC(=O)c4c(C)oc5nc[nH]c(=O)c45)cc3)sc2c1. The molecule has 3 aromatic heterocycles. The Bertz CT molecular complexity index is 1480. The van der Waals surface area contributed by atoms with Crippen LogP contribution in [0.15, 0.2) is 58.0 Å². The van der Waals surface area contributed by atoms with Gasteiger partial charge in [0.15, 0.2) is 0 Å². The lowest BCUT2D eigenvalue weighted by Crippen LogP contribution is -2.16. The molecule has 1 amide bonds. The Hall–Kier alpha value is -3.78. The number of rotatable bonds is 3. The molecule has 0 bridgehead atoms. The number of nitrogens with zero attached hydrogens (tertiary/aromatic N) is 2. The van der Waals surface area contributed by atoms with Crippen LogP contribution in [0.5, 0.6) is 0 Å². The van der Waals surface area contributed by atoms with Gasteiger partial charge < -0.3 is 14.7 Å². The Balaban J connectivity index is 1.43. The molecule has 148 valence electrons. The van der Waals surface area contributed by atoms with Gasteiger partial charge in [-0.15, -0.1) is 11.3 Å². The van der Waals surface area contributed by atoms with Gasteiger partial charge in [0.05, 0.1) is 22.1 Å². The Morgan fingerprint density at radius 1 is 1.13 bits per heavy atom. The van der Waals surface area contributed by atoms with E-state index in [0.717, 1.165) is 20.8 Å². The van der Waals surface area contributed by atoms with E-state index >= 15 is 0 Å². The molecule has 0 saturated carbocycles. The highest BCUT2D eigenvalue weighted by atomic mass is 32.1. The van der Waals surface area contributed by atoms with E-state index < -0.39 is 11.5 Å². The van der Waals surface area contributed by atoms with Gasteiger partial charge in [0, 0.05) is 11.3 Å². The van der Waals surface area contributed by atoms with Crippen LogP contribution in [-0.4, -0.2) is 20.9 Å². The van der Waals surface area contributed by atoms with Gasteiger partial charge in [-0.05, 0) is 55.8 Å². The predicted octanol–water partition coefficient (Wildman–Crippen LogP) is 4.66. The van der Waals surface area contributed by atoms with Crippen LogP contribution in [0, 0.1) is 13.8 Å². The first-order chi connectivity index (χ1) is 14.5. The highest BCUT2D eigenvalue weighted by Crippen LogP contribution is 2.31. The number of aromatic nitrogens is 3. The van der Waals surface area contributed by atoms with E-state index in [1.165, 1.54) is 11.9 Å². The summed E-state index contributed by atoms with van der Waals surface area (Å²) in [5.74, 6) is -0.0824. The Morgan fingerprint density at radius 2 is 1.93 bits per heavy atom. The Morgan fingerprint density at radius 3 is 2.73 bits per heavy atom. The van der Waals surface area contributed by atoms with Gasteiger partial charge >= 0.3 is 0 Å². The van der Waals surface area contributed by atoms with E-state index in [-0.39, 0.29) is 16.7 Å². The molecule has 0 saturated heterocycles. The molecule has 0 fully saturated rings. The molecule has 8 heteroatoms. The van der Waals surface area contributed by atoms with Gasteiger partial charge in [-0.2, -0.15) is 0 Å². The number of thiazole rings is 1. The maximum absolute atomic E-state index is 12.8. The third-order valence-electron chi connectivity index (χ3n) is 4.83. The van der Waals surface area contributed by atoms with Gasteiger partial charge in [0.2, 0.25) is 5.71 Å². The normalized spacial score (nSPS) is 11.3. The van der Waals surface area contributed by atoms with Gasteiger partial charge in [0.25, 0.3) is 11.5 Å². The molecule has 0 aliphatic heterocycles. The molecule has 0 aliphatic carbocycles. The quantitative estimate of drug-likeness (QED) is 0.445. The third kappa shape index (κ3) is 3.07. The Kier molecular flexibility index (Phi) is 4.22. The van der Waals surface area contributed by atoms with Gasteiger partial charge in [0.1, 0.15) is 16.2 Å². The minimum absolute atomic E-state index is 0.142. The maximum atomic E-state index is 12.8. The summed E-state index contributed by atoms with van der Waals surface area (Å²) in [7, 11) is 0. The Labute approximate surface area is 174 Å². The third-order valence-corrected chi connectivity index (χ3v) is 5.90. The van der Waals surface area contributed by atoms with E-state index in [9.17, 15) is 9.59 Å². The molecular weight excluding hydrogens is 400 g/mol. The summed E-state index contributed by atoms with van der Waals surface area (Å²) in [6.45, 7) is 3.69. The van der Waals surface area contributed by atoms with Crippen LogP contribution < -0.4 is 10.9 Å². The summed E-state index contributed by atoms with van der Waals surface area (Å²) in [5, 5.41) is 3.89. The van der Waals surface area contributed by atoms with Crippen molar-refractivity contribution in [2.75, 3.05) is 5.32 Å². The van der Waals surface area contributed by atoms with Gasteiger partial charge in [-0.1, -0.05) is 6.07 Å². The van der Waals surface area contributed by atoms with Crippen molar-refractivity contribution in [3.05, 3.63) is 76.0 Å². The van der Waals surface area contributed by atoms with Crippen LogP contribution in [-0.2, 0) is 0 Å². The lowest BCUT2D eigenvalue weighted by atomic mass is 10.1. The fourth-order valence-corrected chi connectivity index (χ4v) is 4.44. The van der Waals surface area contributed by atoms with Crippen molar-refractivity contribution in [2.45, 2.75) is 13.8 Å². The summed E-state index contributed by atoms with van der Waals surface area (Å²) in [4.78, 5) is 36.1. The number of hydrogen-bond donors (Lipinski definition) is 2. The minimum atomic E-state index is -0.423. The first-order valence-electron chi connectivity index (χ1n) is 9.25. The fourth-order valence-electron chi connectivity index (χ4n) is 3.37. The number of aryl methyl sites for hydroxylation is 2. The lowest BCUT2D eigenvalue weighted by Gasteiger charge is -2.05. The number of hydrogen-bond acceptors (Lipinski definition) is 6. The number of benzene rings is 2. The highest BCUT2D eigenvalue weighted by Gasteiger charge is 2.21. The molecular formula is C22H16N4O3S. The van der Waals surface area contributed by atoms with Crippen molar-refractivity contribution in [3.8, 4) is 10.6 Å². The van der Waals surface area contributed by atoms with E-state index in [1.54, 1.807) is 18.3 Å². The number of H-pyrrole nitrogens is 1. The number of amides is 1. The van der Waals surface area contributed by atoms with E-state index in [2.05, 4.69) is 33.3 Å². The molecule has 0 radical (unpaired) electrons. The molecule has 0 unspecified atom stereocenters. The minimum Gasteiger partial charge on any atom is -0.442 e. The van der Waals surface area contributed by atoms with E-state index in [1.807, 2.05) is 36.4 Å². The molecule has 2 N–H and O–H groups in total. The van der Waals surface area contributed by atoms with E-state index in [4.69, 9.17) is 4.42 Å². The van der Waals surface area contributed by atoms with Crippen molar-refractivity contribution >= 4 is 44.2 Å². The molecule has 5 rings (SSSR count). The number of anilines is 1. The summed E-state index contributed by atoms with van der Waals surface area (Å²) in [5.41, 5.74) is 3.66. The number of furan rings is 1. The molecule has 0 spiro atoms. The van der Waals surface area contributed by atoms with Crippen molar-refractivity contribution in [3.63, 3.8) is 0 Å². The smallest absolute Gasteiger partial charge is 0.262 e. The van der Waals surface area contributed by atoms with Crippen LogP contribution in [0.3, 0.4) is 0 Å². The van der Waals surface area contributed by atoms with Crippen molar-refractivity contribution in [1.82, 2.24) is 15.0 Å².